The van der Waals surface area contributed by atoms with Gasteiger partial charge in [0, 0.05) is 31.9 Å². The van der Waals surface area contributed by atoms with Gasteiger partial charge in [0.25, 0.3) is 0 Å². The number of hydrogen-bond donors (Lipinski definition) is 1. The molecule has 0 atom stereocenters. The summed E-state index contributed by atoms with van der Waals surface area (Å²) in [6.07, 6.45) is 3.29. The van der Waals surface area contributed by atoms with Crippen LogP contribution in [0.5, 0.6) is 0 Å². The number of ether oxygens (including phenoxy) is 1. The van der Waals surface area contributed by atoms with Crippen molar-refractivity contribution >= 4 is 0 Å². The molecule has 1 fully saturated rings. The molecule has 2 rings (SSSR count). The van der Waals surface area contributed by atoms with Crippen LogP contribution >= 0.6 is 0 Å². The molecule has 4 nitrogen and oxygen atoms in total. The molecule has 114 valence electrons. The van der Waals surface area contributed by atoms with Gasteiger partial charge in [-0.05, 0) is 37.5 Å². The first-order valence-corrected chi connectivity index (χ1v) is 7.77. The number of nitrogens with zero attached hydrogens (tertiary/aromatic N) is 1. The van der Waals surface area contributed by atoms with Gasteiger partial charge in [-0.3, -0.25) is 0 Å². The third-order valence-corrected chi connectivity index (χ3v) is 4.61. The number of rotatable bonds is 6. The maximum atomic E-state index is 5.46. The smallest absolute Gasteiger partial charge is 0.138 e. The van der Waals surface area contributed by atoms with Crippen LogP contribution in [0.4, 0.5) is 0 Å². The van der Waals surface area contributed by atoms with E-state index < -0.39 is 0 Å². The van der Waals surface area contributed by atoms with Crippen LogP contribution < -0.4 is 5.32 Å². The molecule has 0 saturated carbocycles. The van der Waals surface area contributed by atoms with Crippen molar-refractivity contribution in [2.45, 2.75) is 53.5 Å². The third-order valence-electron chi connectivity index (χ3n) is 4.61. The maximum Gasteiger partial charge on any atom is 0.138 e. The average Bonchev–Trinajstić information content (AvgIpc) is 2.80. The summed E-state index contributed by atoms with van der Waals surface area (Å²) in [5.74, 6) is 1.69. The highest BCUT2D eigenvalue weighted by atomic mass is 16.5. The lowest BCUT2D eigenvalue weighted by Crippen LogP contribution is -2.38. The van der Waals surface area contributed by atoms with Crippen molar-refractivity contribution in [3.05, 3.63) is 17.0 Å². The van der Waals surface area contributed by atoms with E-state index in [-0.39, 0.29) is 0 Å². The summed E-state index contributed by atoms with van der Waals surface area (Å²) in [4.78, 5) is 0. The third kappa shape index (κ3) is 3.61. The summed E-state index contributed by atoms with van der Waals surface area (Å²) in [5.41, 5.74) is 2.62. The Balaban J connectivity index is 1.86. The minimum absolute atomic E-state index is 0.307. The summed E-state index contributed by atoms with van der Waals surface area (Å²) in [6.45, 7) is 12.5. The highest BCUT2D eigenvalue weighted by Crippen LogP contribution is 2.33. The fourth-order valence-electron chi connectivity index (χ4n) is 3.07. The molecule has 0 radical (unpaired) electrons. The first kappa shape index (κ1) is 15.5. The van der Waals surface area contributed by atoms with Crippen molar-refractivity contribution < 1.29 is 9.26 Å². The van der Waals surface area contributed by atoms with Crippen LogP contribution in [0.1, 0.15) is 50.6 Å². The standard InChI is InChI=1S/C16H28N2O2/c1-5-15-14(12(2)20-18-15)10-17-11-16(3,4)13-6-8-19-9-7-13/h13,17H,5-11H2,1-4H3. The van der Waals surface area contributed by atoms with Crippen LogP contribution in [0.2, 0.25) is 0 Å². The number of aryl methyl sites for hydroxylation is 2. The Morgan fingerprint density at radius 3 is 2.65 bits per heavy atom. The van der Waals surface area contributed by atoms with Gasteiger partial charge in [0.2, 0.25) is 0 Å². The molecule has 0 amide bonds. The largest absolute Gasteiger partial charge is 0.381 e. The lowest BCUT2D eigenvalue weighted by atomic mass is 9.74. The topological polar surface area (TPSA) is 47.3 Å². The van der Waals surface area contributed by atoms with Crippen LogP contribution in [-0.4, -0.2) is 24.9 Å². The minimum atomic E-state index is 0.307. The first-order valence-electron chi connectivity index (χ1n) is 7.77. The predicted octanol–water partition coefficient (Wildman–Crippen LogP) is 3.09. The SMILES string of the molecule is CCc1noc(C)c1CNCC(C)(C)C1CCOCC1. The van der Waals surface area contributed by atoms with Crippen LogP contribution in [0.15, 0.2) is 4.52 Å². The molecule has 0 aromatic carbocycles. The van der Waals surface area contributed by atoms with Crippen LogP contribution in [-0.2, 0) is 17.7 Å². The van der Waals surface area contributed by atoms with Gasteiger partial charge >= 0.3 is 0 Å². The molecule has 0 unspecified atom stereocenters. The van der Waals surface area contributed by atoms with Crippen molar-refractivity contribution in [1.29, 1.82) is 0 Å². The van der Waals surface area contributed by atoms with Gasteiger partial charge in [-0.1, -0.05) is 25.9 Å². The van der Waals surface area contributed by atoms with E-state index in [2.05, 4.69) is 31.2 Å². The lowest BCUT2D eigenvalue weighted by molar-refractivity contribution is 0.0227. The highest BCUT2D eigenvalue weighted by molar-refractivity contribution is 5.21. The minimum Gasteiger partial charge on any atom is -0.381 e. The van der Waals surface area contributed by atoms with Gasteiger partial charge in [0.05, 0.1) is 5.69 Å². The van der Waals surface area contributed by atoms with Gasteiger partial charge < -0.3 is 14.6 Å². The van der Waals surface area contributed by atoms with Crippen molar-refractivity contribution in [2.75, 3.05) is 19.8 Å². The van der Waals surface area contributed by atoms with E-state index in [0.717, 1.165) is 50.1 Å². The molecule has 20 heavy (non-hydrogen) atoms. The van der Waals surface area contributed by atoms with E-state index in [1.807, 2.05) is 6.92 Å². The van der Waals surface area contributed by atoms with E-state index in [0.29, 0.717) is 5.41 Å². The fraction of sp³-hybridized carbons (Fsp3) is 0.812. The zero-order valence-corrected chi connectivity index (χ0v) is 13.3. The van der Waals surface area contributed by atoms with Gasteiger partial charge in [0.15, 0.2) is 0 Å². The molecule has 1 N–H and O–H groups in total. The highest BCUT2D eigenvalue weighted by Gasteiger charge is 2.30. The van der Waals surface area contributed by atoms with Gasteiger partial charge in [0.1, 0.15) is 5.76 Å². The molecule has 2 heterocycles. The molecule has 1 aromatic rings. The van der Waals surface area contributed by atoms with Gasteiger partial charge in [-0.2, -0.15) is 0 Å². The van der Waals surface area contributed by atoms with E-state index in [1.165, 1.54) is 18.4 Å². The molecule has 1 aliphatic rings. The van der Waals surface area contributed by atoms with E-state index >= 15 is 0 Å². The Morgan fingerprint density at radius 2 is 2.00 bits per heavy atom. The molecule has 0 aliphatic carbocycles. The summed E-state index contributed by atoms with van der Waals surface area (Å²) in [7, 11) is 0. The number of aromatic nitrogens is 1. The van der Waals surface area contributed by atoms with Crippen molar-refractivity contribution in [3.63, 3.8) is 0 Å². The average molecular weight is 280 g/mol. The summed E-state index contributed by atoms with van der Waals surface area (Å²) in [6, 6.07) is 0. The summed E-state index contributed by atoms with van der Waals surface area (Å²) >= 11 is 0. The second kappa shape index (κ2) is 6.72. The lowest BCUT2D eigenvalue weighted by Gasteiger charge is -2.37. The maximum absolute atomic E-state index is 5.46. The Morgan fingerprint density at radius 1 is 1.30 bits per heavy atom. The van der Waals surface area contributed by atoms with E-state index in [9.17, 15) is 0 Å². The molecular formula is C16H28N2O2. The Labute approximate surface area is 122 Å². The van der Waals surface area contributed by atoms with Gasteiger partial charge in [-0.15, -0.1) is 0 Å². The number of hydrogen-bond acceptors (Lipinski definition) is 4. The second-order valence-electron chi connectivity index (χ2n) is 6.50. The van der Waals surface area contributed by atoms with Crippen molar-refractivity contribution in [2.24, 2.45) is 11.3 Å². The zero-order valence-electron chi connectivity index (χ0n) is 13.3. The molecule has 0 spiro atoms. The van der Waals surface area contributed by atoms with E-state index in [1.54, 1.807) is 0 Å². The molecule has 1 aliphatic heterocycles. The first-order chi connectivity index (χ1) is 9.54. The quantitative estimate of drug-likeness (QED) is 0.870. The monoisotopic (exact) mass is 280 g/mol. The Kier molecular flexibility index (Phi) is 5.22. The Hall–Kier alpha value is -0.870. The predicted molar refractivity (Wildman–Crippen MR) is 79.6 cm³/mol. The van der Waals surface area contributed by atoms with Gasteiger partial charge in [-0.25, -0.2) is 0 Å². The Bertz CT molecular complexity index is 420. The van der Waals surface area contributed by atoms with Crippen LogP contribution in [0.25, 0.3) is 0 Å². The molecule has 1 aromatic heterocycles. The zero-order chi connectivity index (χ0) is 14.6. The molecule has 1 saturated heterocycles. The summed E-state index contributed by atoms with van der Waals surface area (Å²) in [5, 5.41) is 7.71. The fourth-order valence-corrected chi connectivity index (χ4v) is 3.07. The van der Waals surface area contributed by atoms with E-state index in [4.69, 9.17) is 9.26 Å². The summed E-state index contributed by atoms with van der Waals surface area (Å²) < 4.78 is 10.7. The van der Waals surface area contributed by atoms with Crippen LogP contribution in [0, 0.1) is 18.3 Å². The number of nitrogens with one attached hydrogen (secondary N) is 1. The molecule has 4 heteroatoms. The van der Waals surface area contributed by atoms with Crippen molar-refractivity contribution in [3.8, 4) is 0 Å². The normalized spacial score (nSPS) is 17.6. The second-order valence-corrected chi connectivity index (χ2v) is 6.50. The molecular weight excluding hydrogens is 252 g/mol. The van der Waals surface area contributed by atoms with Crippen molar-refractivity contribution in [1.82, 2.24) is 10.5 Å². The molecule has 0 bridgehead atoms. The van der Waals surface area contributed by atoms with Crippen LogP contribution in [0.3, 0.4) is 0 Å².